The number of nitro benzene ring substituents is 1. The van der Waals surface area contributed by atoms with Gasteiger partial charge in [0, 0.05) is 29.9 Å². The maximum Gasteiger partial charge on any atom is 0.270 e. The minimum absolute atomic E-state index is 0.135. The quantitative estimate of drug-likeness (QED) is 0.421. The van der Waals surface area contributed by atoms with Crippen LogP contribution in [0.25, 0.3) is 10.9 Å². The SMILES string of the molecule is O=[N+]([O-])c1ccc([O-])c(C=Nc2ccc3ncccc3c2)c1. The Morgan fingerprint density at radius 1 is 1.14 bits per heavy atom. The predicted molar refractivity (Wildman–Crippen MR) is 81.5 cm³/mol. The van der Waals surface area contributed by atoms with E-state index >= 15 is 0 Å². The van der Waals surface area contributed by atoms with Gasteiger partial charge in [-0.1, -0.05) is 17.9 Å². The summed E-state index contributed by atoms with van der Waals surface area (Å²) in [6.45, 7) is 0. The first kappa shape index (κ1) is 13.7. The van der Waals surface area contributed by atoms with Crippen molar-refractivity contribution in [3.05, 3.63) is 70.4 Å². The number of non-ortho nitro benzene ring substituents is 1. The number of fused-ring (bicyclic) bond motifs is 1. The van der Waals surface area contributed by atoms with Gasteiger partial charge < -0.3 is 5.11 Å². The number of pyridine rings is 1. The molecule has 2 aromatic carbocycles. The molecule has 0 spiro atoms. The number of hydrogen-bond acceptors (Lipinski definition) is 5. The van der Waals surface area contributed by atoms with Gasteiger partial charge in [-0.05, 0) is 29.8 Å². The maximum absolute atomic E-state index is 11.7. The van der Waals surface area contributed by atoms with Gasteiger partial charge in [0.05, 0.1) is 16.1 Å². The van der Waals surface area contributed by atoms with Gasteiger partial charge in [0.25, 0.3) is 5.69 Å². The molecule has 22 heavy (non-hydrogen) atoms. The Morgan fingerprint density at radius 2 is 2.00 bits per heavy atom. The van der Waals surface area contributed by atoms with Crippen LogP contribution in [0.3, 0.4) is 0 Å². The largest absolute Gasteiger partial charge is 0.872 e. The summed E-state index contributed by atoms with van der Waals surface area (Å²) in [5.74, 6) is -0.309. The van der Waals surface area contributed by atoms with Crippen molar-refractivity contribution in [2.45, 2.75) is 0 Å². The van der Waals surface area contributed by atoms with E-state index in [1.165, 1.54) is 24.4 Å². The molecular formula is C16H10N3O3-. The van der Waals surface area contributed by atoms with Crippen LogP contribution < -0.4 is 5.11 Å². The van der Waals surface area contributed by atoms with Crippen molar-refractivity contribution in [3.63, 3.8) is 0 Å². The summed E-state index contributed by atoms with van der Waals surface area (Å²) in [5.41, 5.74) is 1.54. The molecule has 0 bridgehead atoms. The molecule has 0 amide bonds. The highest BCUT2D eigenvalue weighted by atomic mass is 16.6. The summed E-state index contributed by atoms with van der Waals surface area (Å²) in [7, 11) is 0. The molecule has 108 valence electrons. The molecule has 0 radical (unpaired) electrons. The van der Waals surface area contributed by atoms with Crippen molar-refractivity contribution < 1.29 is 10.0 Å². The van der Waals surface area contributed by atoms with Crippen LogP contribution in [0.15, 0.2) is 59.7 Å². The van der Waals surface area contributed by atoms with Crippen molar-refractivity contribution in [1.82, 2.24) is 4.98 Å². The zero-order valence-electron chi connectivity index (χ0n) is 11.3. The van der Waals surface area contributed by atoms with E-state index in [1.54, 1.807) is 12.3 Å². The molecule has 3 aromatic rings. The van der Waals surface area contributed by atoms with Crippen molar-refractivity contribution >= 4 is 28.5 Å². The first-order valence-corrected chi connectivity index (χ1v) is 6.48. The van der Waals surface area contributed by atoms with Crippen LogP contribution in [0.5, 0.6) is 5.75 Å². The number of nitro groups is 1. The Labute approximate surface area is 125 Å². The lowest BCUT2D eigenvalue weighted by Crippen LogP contribution is -1.98. The van der Waals surface area contributed by atoms with Gasteiger partial charge in [-0.3, -0.25) is 20.1 Å². The average molecular weight is 292 g/mol. The fraction of sp³-hybridized carbons (Fsp3) is 0. The fourth-order valence-electron chi connectivity index (χ4n) is 2.04. The molecule has 6 heteroatoms. The third-order valence-corrected chi connectivity index (χ3v) is 3.14. The topological polar surface area (TPSA) is 91.5 Å². The van der Waals surface area contributed by atoms with E-state index in [2.05, 4.69) is 9.98 Å². The number of benzene rings is 2. The molecule has 0 aliphatic carbocycles. The zero-order valence-corrected chi connectivity index (χ0v) is 11.3. The molecule has 0 unspecified atom stereocenters. The van der Waals surface area contributed by atoms with E-state index in [9.17, 15) is 15.2 Å². The molecule has 0 aliphatic rings. The minimum atomic E-state index is -0.543. The number of aliphatic imine (C=N–C) groups is 1. The van der Waals surface area contributed by atoms with Gasteiger partial charge in [0.2, 0.25) is 0 Å². The molecule has 0 saturated carbocycles. The van der Waals surface area contributed by atoms with Crippen LogP contribution in [-0.4, -0.2) is 16.1 Å². The molecule has 0 saturated heterocycles. The van der Waals surface area contributed by atoms with Gasteiger partial charge in [-0.15, -0.1) is 0 Å². The molecular weight excluding hydrogens is 282 g/mol. The maximum atomic E-state index is 11.7. The minimum Gasteiger partial charge on any atom is -0.872 e. The summed E-state index contributed by atoms with van der Waals surface area (Å²) >= 11 is 0. The van der Waals surface area contributed by atoms with Crippen LogP contribution in [0.4, 0.5) is 11.4 Å². The Hall–Kier alpha value is -3.28. The van der Waals surface area contributed by atoms with Crippen LogP contribution in [-0.2, 0) is 0 Å². The highest BCUT2D eigenvalue weighted by molar-refractivity contribution is 5.88. The highest BCUT2D eigenvalue weighted by Crippen LogP contribution is 2.22. The number of hydrogen-bond donors (Lipinski definition) is 0. The lowest BCUT2D eigenvalue weighted by atomic mass is 10.2. The Bertz CT molecular complexity index is 891. The number of rotatable bonds is 3. The van der Waals surface area contributed by atoms with Gasteiger partial charge in [-0.25, -0.2) is 0 Å². The smallest absolute Gasteiger partial charge is 0.270 e. The first-order chi connectivity index (χ1) is 10.6. The lowest BCUT2D eigenvalue weighted by Gasteiger charge is -2.08. The van der Waals surface area contributed by atoms with Crippen LogP contribution >= 0.6 is 0 Å². The number of nitrogens with zero attached hydrogens (tertiary/aromatic N) is 3. The second kappa shape index (κ2) is 5.61. The second-order valence-electron chi connectivity index (χ2n) is 4.62. The summed E-state index contributed by atoms with van der Waals surface area (Å²) in [6, 6.07) is 12.7. The average Bonchev–Trinajstić information content (AvgIpc) is 2.53. The molecule has 6 nitrogen and oxygen atoms in total. The van der Waals surface area contributed by atoms with Gasteiger partial charge >= 0.3 is 0 Å². The van der Waals surface area contributed by atoms with Crippen molar-refractivity contribution in [3.8, 4) is 5.75 Å². The third-order valence-electron chi connectivity index (χ3n) is 3.14. The molecule has 1 aromatic heterocycles. The van der Waals surface area contributed by atoms with Gasteiger partial charge in [0.15, 0.2) is 0 Å². The molecule has 0 N–H and O–H groups in total. The van der Waals surface area contributed by atoms with Crippen molar-refractivity contribution in [2.24, 2.45) is 4.99 Å². The summed E-state index contributed by atoms with van der Waals surface area (Å²) in [4.78, 5) is 18.6. The van der Waals surface area contributed by atoms with Crippen molar-refractivity contribution in [1.29, 1.82) is 0 Å². The first-order valence-electron chi connectivity index (χ1n) is 6.48. The van der Waals surface area contributed by atoms with Crippen LogP contribution in [0, 0.1) is 10.1 Å². The summed E-state index contributed by atoms with van der Waals surface area (Å²) in [5, 5.41) is 23.4. The zero-order chi connectivity index (χ0) is 15.5. The normalized spacial score (nSPS) is 11.1. The second-order valence-corrected chi connectivity index (χ2v) is 4.62. The van der Waals surface area contributed by atoms with E-state index in [0.29, 0.717) is 5.69 Å². The van der Waals surface area contributed by atoms with E-state index in [1.807, 2.05) is 24.3 Å². The van der Waals surface area contributed by atoms with Crippen molar-refractivity contribution in [2.75, 3.05) is 0 Å². The molecule has 0 atom stereocenters. The van der Waals surface area contributed by atoms with E-state index < -0.39 is 4.92 Å². The van der Waals surface area contributed by atoms with E-state index in [4.69, 9.17) is 0 Å². The standard InChI is InChI=1S/C16H11N3O3/c20-16-6-4-14(19(21)22)9-12(16)10-18-13-3-5-15-11(8-13)2-1-7-17-15/h1-10,20H/p-1. The molecule has 0 fully saturated rings. The highest BCUT2D eigenvalue weighted by Gasteiger charge is 2.05. The lowest BCUT2D eigenvalue weighted by molar-refractivity contribution is -0.385. The molecule has 3 rings (SSSR count). The van der Waals surface area contributed by atoms with E-state index in [0.717, 1.165) is 10.9 Å². The van der Waals surface area contributed by atoms with Gasteiger partial charge in [0.1, 0.15) is 0 Å². The van der Waals surface area contributed by atoms with Gasteiger partial charge in [-0.2, -0.15) is 0 Å². The number of aromatic nitrogens is 1. The third kappa shape index (κ3) is 2.76. The monoisotopic (exact) mass is 292 g/mol. The Kier molecular flexibility index (Phi) is 3.49. The Morgan fingerprint density at radius 3 is 2.82 bits per heavy atom. The predicted octanol–water partition coefficient (Wildman–Crippen LogP) is 2.97. The molecule has 0 aliphatic heterocycles. The van der Waals surface area contributed by atoms with E-state index in [-0.39, 0.29) is 17.0 Å². The van der Waals surface area contributed by atoms with Crippen LogP contribution in [0.2, 0.25) is 0 Å². The Balaban J connectivity index is 1.95. The fourth-order valence-corrected chi connectivity index (χ4v) is 2.04. The summed E-state index contributed by atoms with van der Waals surface area (Å²) in [6.07, 6.45) is 3.05. The summed E-state index contributed by atoms with van der Waals surface area (Å²) < 4.78 is 0. The molecule has 1 heterocycles. The van der Waals surface area contributed by atoms with Crippen LogP contribution in [0.1, 0.15) is 5.56 Å².